The number of aromatic amines is 1. The number of aliphatic hydroxyl groups excluding tert-OH is 1. The van der Waals surface area contributed by atoms with E-state index in [1.807, 2.05) is 0 Å². The van der Waals surface area contributed by atoms with E-state index in [1.165, 1.54) is 0 Å². The largest absolute Gasteiger partial charge is 0.381 e. The molecule has 0 radical (unpaired) electrons. The van der Waals surface area contributed by atoms with E-state index in [-0.39, 0.29) is 6.54 Å². The first-order chi connectivity index (χ1) is 7.43. The van der Waals surface area contributed by atoms with Gasteiger partial charge >= 0.3 is 0 Å². The Morgan fingerprint density at radius 2 is 2.19 bits per heavy atom. The molecule has 1 aromatic heterocycles. The predicted octanol–water partition coefficient (Wildman–Crippen LogP) is -1.40. The lowest BCUT2D eigenvalue weighted by Crippen LogP contribution is -2.40. The van der Waals surface area contributed by atoms with E-state index < -0.39 is 17.9 Å². The number of hydrogen-bond acceptors (Lipinski definition) is 4. The van der Waals surface area contributed by atoms with Crippen LogP contribution in [0.5, 0.6) is 0 Å². The van der Waals surface area contributed by atoms with Gasteiger partial charge in [0.1, 0.15) is 6.10 Å². The molecule has 7 nitrogen and oxygen atoms in total. The average molecular weight is 226 g/mol. The van der Waals surface area contributed by atoms with E-state index in [2.05, 4.69) is 15.5 Å². The molecule has 0 aliphatic rings. The van der Waals surface area contributed by atoms with Gasteiger partial charge in [0, 0.05) is 5.69 Å². The molecule has 0 saturated heterocycles. The summed E-state index contributed by atoms with van der Waals surface area (Å²) in [7, 11) is 0. The van der Waals surface area contributed by atoms with Gasteiger partial charge in [0.15, 0.2) is 0 Å². The highest BCUT2D eigenvalue weighted by Gasteiger charge is 2.17. The van der Waals surface area contributed by atoms with Crippen LogP contribution in [0.15, 0.2) is 0 Å². The fourth-order valence-electron chi connectivity index (χ4n) is 1.26. The van der Waals surface area contributed by atoms with Gasteiger partial charge in [-0.05, 0) is 13.8 Å². The molecular weight excluding hydrogens is 212 g/mol. The van der Waals surface area contributed by atoms with Crippen molar-refractivity contribution in [1.29, 1.82) is 0 Å². The Morgan fingerprint density at radius 3 is 2.62 bits per heavy atom. The van der Waals surface area contributed by atoms with Gasteiger partial charge in [-0.25, -0.2) is 0 Å². The van der Waals surface area contributed by atoms with Crippen molar-refractivity contribution in [2.45, 2.75) is 20.0 Å². The van der Waals surface area contributed by atoms with Crippen LogP contribution in [0.25, 0.3) is 0 Å². The highest BCUT2D eigenvalue weighted by atomic mass is 16.3. The minimum Gasteiger partial charge on any atom is -0.381 e. The van der Waals surface area contributed by atoms with Gasteiger partial charge in [0.2, 0.25) is 5.91 Å². The fourth-order valence-corrected chi connectivity index (χ4v) is 1.26. The van der Waals surface area contributed by atoms with Crippen molar-refractivity contribution in [1.82, 2.24) is 15.5 Å². The van der Waals surface area contributed by atoms with Crippen LogP contribution in [0.4, 0.5) is 0 Å². The molecule has 0 spiro atoms. The molecule has 1 aromatic rings. The molecule has 88 valence electrons. The summed E-state index contributed by atoms with van der Waals surface area (Å²) >= 11 is 0. The molecule has 0 saturated carbocycles. The van der Waals surface area contributed by atoms with Crippen molar-refractivity contribution in [3.05, 3.63) is 17.0 Å². The summed E-state index contributed by atoms with van der Waals surface area (Å²) in [6.45, 7) is 3.18. The highest BCUT2D eigenvalue weighted by molar-refractivity contribution is 5.96. The minimum atomic E-state index is -1.38. The molecule has 1 heterocycles. The Kier molecular flexibility index (Phi) is 3.62. The Balaban J connectivity index is 2.63. The fraction of sp³-hybridized carbons (Fsp3) is 0.444. The zero-order valence-electron chi connectivity index (χ0n) is 9.07. The number of aliphatic hydroxyl groups is 1. The van der Waals surface area contributed by atoms with Gasteiger partial charge in [0.25, 0.3) is 5.91 Å². The molecule has 0 bridgehead atoms. The number of nitrogens with two attached hydrogens (primary N) is 1. The molecule has 5 N–H and O–H groups in total. The zero-order valence-corrected chi connectivity index (χ0v) is 9.07. The maximum absolute atomic E-state index is 11.6. The van der Waals surface area contributed by atoms with Crippen molar-refractivity contribution >= 4 is 11.8 Å². The standard InChI is InChI=1S/C9H14N4O3/c1-4-7(5(2)13-12-4)9(16)11-3-6(14)8(10)15/h6,14H,3H2,1-2H3,(H2,10,15)(H,11,16)(H,12,13). The first-order valence-corrected chi connectivity index (χ1v) is 4.70. The monoisotopic (exact) mass is 226 g/mol. The molecule has 1 rings (SSSR count). The number of amides is 2. The second kappa shape index (κ2) is 4.75. The van der Waals surface area contributed by atoms with E-state index in [4.69, 9.17) is 10.8 Å². The number of aryl methyl sites for hydroxylation is 2. The molecule has 16 heavy (non-hydrogen) atoms. The summed E-state index contributed by atoms with van der Waals surface area (Å²) < 4.78 is 0. The molecule has 0 fully saturated rings. The van der Waals surface area contributed by atoms with E-state index in [0.717, 1.165) is 0 Å². The average Bonchev–Trinajstić information content (AvgIpc) is 2.54. The number of nitrogens with zero attached hydrogens (tertiary/aromatic N) is 1. The van der Waals surface area contributed by atoms with Crippen LogP contribution in [0.2, 0.25) is 0 Å². The van der Waals surface area contributed by atoms with Crippen molar-refractivity contribution < 1.29 is 14.7 Å². The first-order valence-electron chi connectivity index (χ1n) is 4.70. The number of primary amides is 1. The number of nitrogens with one attached hydrogen (secondary N) is 2. The third-order valence-electron chi connectivity index (χ3n) is 2.14. The number of carbonyl (C=O) groups is 2. The number of rotatable bonds is 4. The SMILES string of the molecule is Cc1n[nH]c(C)c1C(=O)NCC(O)C(N)=O. The zero-order chi connectivity index (χ0) is 12.3. The Morgan fingerprint density at radius 1 is 1.56 bits per heavy atom. The number of H-pyrrole nitrogens is 1. The van der Waals surface area contributed by atoms with Gasteiger partial charge in [-0.2, -0.15) is 5.10 Å². The third kappa shape index (κ3) is 2.57. The number of carbonyl (C=O) groups excluding carboxylic acids is 2. The summed E-state index contributed by atoms with van der Waals surface area (Å²) in [5.41, 5.74) is 6.44. The van der Waals surface area contributed by atoms with Gasteiger partial charge in [-0.15, -0.1) is 0 Å². The van der Waals surface area contributed by atoms with E-state index >= 15 is 0 Å². The molecule has 2 amide bonds. The Bertz CT molecular complexity index is 393. The molecular formula is C9H14N4O3. The quantitative estimate of drug-likeness (QED) is 0.504. The van der Waals surface area contributed by atoms with E-state index in [0.29, 0.717) is 17.0 Å². The maximum atomic E-state index is 11.6. The smallest absolute Gasteiger partial charge is 0.255 e. The topological polar surface area (TPSA) is 121 Å². The highest BCUT2D eigenvalue weighted by Crippen LogP contribution is 2.08. The van der Waals surface area contributed by atoms with Gasteiger partial charge < -0.3 is 16.2 Å². The predicted molar refractivity (Wildman–Crippen MR) is 55.6 cm³/mol. The van der Waals surface area contributed by atoms with Crippen LogP contribution in [0.3, 0.4) is 0 Å². The summed E-state index contributed by atoms with van der Waals surface area (Å²) in [6.07, 6.45) is -1.38. The van der Waals surface area contributed by atoms with E-state index in [9.17, 15) is 9.59 Å². The maximum Gasteiger partial charge on any atom is 0.255 e. The van der Waals surface area contributed by atoms with Gasteiger partial charge in [-0.1, -0.05) is 0 Å². The van der Waals surface area contributed by atoms with Crippen molar-refractivity contribution in [2.75, 3.05) is 6.54 Å². The first kappa shape index (κ1) is 12.2. The summed E-state index contributed by atoms with van der Waals surface area (Å²) in [5.74, 6) is -1.27. The third-order valence-corrected chi connectivity index (χ3v) is 2.14. The normalized spacial score (nSPS) is 12.2. The van der Waals surface area contributed by atoms with Crippen molar-refractivity contribution in [3.8, 4) is 0 Å². The minimum absolute atomic E-state index is 0.210. The Labute approximate surface area is 92.0 Å². The lowest BCUT2D eigenvalue weighted by Gasteiger charge is -2.08. The number of hydrogen-bond donors (Lipinski definition) is 4. The summed E-state index contributed by atoms with van der Waals surface area (Å²) in [4.78, 5) is 22.2. The van der Waals surface area contributed by atoms with Crippen LogP contribution in [0.1, 0.15) is 21.7 Å². The van der Waals surface area contributed by atoms with Crippen LogP contribution < -0.4 is 11.1 Å². The van der Waals surface area contributed by atoms with Gasteiger partial charge in [0.05, 0.1) is 17.8 Å². The Hall–Kier alpha value is -1.89. The number of aromatic nitrogens is 2. The lowest BCUT2D eigenvalue weighted by molar-refractivity contribution is -0.125. The van der Waals surface area contributed by atoms with Crippen LogP contribution in [-0.2, 0) is 4.79 Å². The van der Waals surface area contributed by atoms with Crippen LogP contribution in [-0.4, -0.2) is 39.8 Å². The molecule has 0 aliphatic heterocycles. The molecule has 1 atom stereocenters. The van der Waals surface area contributed by atoms with Gasteiger partial charge in [-0.3, -0.25) is 14.7 Å². The molecule has 0 aliphatic carbocycles. The lowest BCUT2D eigenvalue weighted by atomic mass is 10.2. The molecule has 7 heteroatoms. The summed E-state index contributed by atoms with van der Waals surface area (Å²) in [6, 6.07) is 0. The van der Waals surface area contributed by atoms with Crippen molar-refractivity contribution in [3.63, 3.8) is 0 Å². The summed E-state index contributed by atoms with van der Waals surface area (Å²) in [5, 5.41) is 18.0. The van der Waals surface area contributed by atoms with Crippen LogP contribution >= 0.6 is 0 Å². The second-order valence-electron chi connectivity index (χ2n) is 3.44. The molecule has 0 aromatic carbocycles. The molecule has 1 unspecified atom stereocenters. The second-order valence-corrected chi connectivity index (χ2v) is 3.44. The van der Waals surface area contributed by atoms with Crippen LogP contribution in [0, 0.1) is 13.8 Å². The van der Waals surface area contributed by atoms with E-state index in [1.54, 1.807) is 13.8 Å². The van der Waals surface area contributed by atoms with Crippen molar-refractivity contribution in [2.24, 2.45) is 5.73 Å².